The van der Waals surface area contributed by atoms with Gasteiger partial charge in [-0.2, -0.15) is 0 Å². The molecule has 6 unspecified atom stereocenters. The summed E-state index contributed by atoms with van der Waals surface area (Å²) < 4.78 is 142. The highest BCUT2D eigenvalue weighted by molar-refractivity contribution is 7.53. The van der Waals surface area contributed by atoms with E-state index < -0.39 is 128 Å². The van der Waals surface area contributed by atoms with Crippen LogP contribution in [-0.4, -0.2) is 231 Å². The van der Waals surface area contributed by atoms with E-state index in [1.165, 1.54) is 34.4 Å². The molecule has 22 nitrogen and oxygen atoms in total. The van der Waals surface area contributed by atoms with Crippen LogP contribution >= 0.6 is 15.9 Å². The Bertz CT molecular complexity index is 3890. The van der Waals surface area contributed by atoms with Crippen LogP contribution in [0.3, 0.4) is 0 Å². The molecule has 4 saturated heterocycles. The largest absolute Gasteiger partial charge is 0.457 e. The summed E-state index contributed by atoms with van der Waals surface area (Å²) in [6, 6.07) is 40.9. The van der Waals surface area contributed by atoms with E-state index in [-0.39, 0.29) is 114 Å². The summed E-state index contributed by atoms with van der Waals surface area (Å²) in [5.74, 6) is -1.02. The molecule has 18 atom stereocenters. The molecule has 4 fully saturated rings. The molecule has 702 valence electrons. The van der Waals surface area contributed by atoms with Crippen LogP contribution in [0.1, 0.15) is 212 Å². The second-order valence-corrected chi connectivity index (χ2v) is 62.1. The van der Waals surface area contributed by atoms with E-state index in [4.69, 9.17) is 78.3 Å². The molecule has 0 spiro atoms. The lowest BCUT2D eigenvalue weighted by molar-refractivity contribution is -0.157. The molecular formula is C95H165NO21P2Si4. The number of aliphatic hydroxyl groups is 3. The fraction of sp³-hybridized carbons (Fsp3) is 0.705. The van der Waals surface area contributed by atoms with Crippen LogP contribution in [0.2, 0.25) is 72.5 Å². The molecule has 3 N–H and O–H groups in total. The van der Waals surface area contributed by atoms with Crippen LogP contribution in [0.25, 0.3) is 0 Å². The normalized spacial score (nSPS) is 25.8. The van der Waals surface area contributed by atoms with Crippen LogP contribution in [0.15, 0.2) is 121 Å². The standard InChI is InChI=1S/C43H69O11PSi2.C25H46NO4PSi.C24H38O6Si.3CH4/c1-13-32(45)24-25-37(46)51-38-36(50-33(26-30-20-16-14-17-21-30)40(38)53-56(9,10)42(2,3)4)29-48-55(8,47)52-39-35(28-44)49-34(27-31-22-18-15-19-23-31)41(39)54-57(11,12)43(5,6)7;1-18(2)26(19(3)4)31(8)29-23-22(17-27)28-21(16-20-14-12-11-13-15-20)24(23)30-32(9,10)25(5,6)7;1-7-18(26)13-14-21(27)29-22-20(16-25)28-19(15-17-11-9-8-10-12-17)23(22)30-31(5,6)24(2,3)4;;;/h14-23,33-36,38-41,44H,13,24-29H2,1-12H3;11-15,18-19,21-24,27H,16-17H2,1-10H3;8-12,19-20,22-23,25H,7,13-16H2,1-6H3;3*1H4/t33-,34-,35+,36+,38?,39?,40+,41+,55?;21-,22+,23?,24+,31?;19-,20+,22?,23+;;;/m000.../s1/i44D;27D;25D;3*1T. The lowest BCUT2D eigenvalue weighted by Gasteiger charge is -2.42. The number of Topliss-reactive ketones (excluding diaryl/α,β-unsaturated/α-hetero) is 2. The lowest BCUT2D eigenvalue weighted by atomic mass is 10.0. The zero-order valence-corrected chi connectivity index (χ0v) is 86.5. The van der Waals surface area contributed by atoms with Crippen LogP contribution < -0.4 is 0 Å². The third-order valence-electron chi connectivity index (χ3n) is 25.2. The highest BCUT2D eigenvalue weighted by Gasteiger charge is 2.57. The smallest absolute Gasteiger partial charge is 0.328 e. The number of hydrogen-bond acceptors (Lipinski definition) is 22. The third-order valence-corrected chi connectivity index (χ3v) is 46.4. The number of ether oxygens (including phenoxy) is 6. The summed E-state index contributed by atoms with van der Waals surface area (Å²) in [5, 5.41) is 14.0. The van der Waals surface area contributed by atoms with Gasteiger partial charge < -0.3 is 70.5 Å². The Morgan fingerprint density at radius 1 is 0.439 bits per heavy atom. The average molecular weight is 1840 g/mol. The van der Waals surface area contributed by atoms with Crippen molar-refractivity contribution < 1.29 is 103 Å². The number of nitrogens with zero attached hydrogens (tertiary/aromatic N) is 1. The number of carbonyl (C=O) groups is 4. The number of esters is 2. The van der Waals surface area contributed by atoms with Gasteiger partial charge in [-0.1, -0.05) is 240 Å². The number of ketones is 2. The zero-order valence-electron chi connectivity index (χ0n) is 86.8. The molecule has 4 aliphatic heterocycles. The Labute approximate surface area is 757 Å². The summed E-state index contributed by atoms with van der Waals surface area (Å²) in [7, 11) is -10.3. The molecule has 4 heterocycles. The van der Waals surface area contributed by atoms with Gasteiger partial charge in [-0.3, -0.25) is 32.9 Å². The van der Waals surface area contributed by atoms with Gasteiger partial charge >= 0.3 is 19.5 Å². The SMILES string of the molecule is [2H]OC[C@H]1O[C@@H](Cc2ccccc2)[C@@H](O[Si](C)(C)C(C)(C)C)C1OC(=O)CCC(=O)CC.[2H]OC[C@H]1O[C@@H](Cc2ccccc2)[C@@H](O[Si](C)(C)C(C)(C)C)C1OP(C)(=O)OC[C@H]1O[C@@H](Cc2ccccc2)[C@@H](O[Si](C)(C)C(C)(C)C)C1OC(=O)CCC(=O)CC.[2H]OC[C@H]1O[C@@H](Cc2ccccc2)[C@@H](O[Si](C)(C)C(C)(C)C)C1OP(C)N(C(C)C)C(C)C.[3H]C.[3H]C.[3H]C. The summed E-state index contributed by atoms with van der Waals surface area (Å²) >= 11 is 0. The number of rotatable bonds is 42. The molecule has 4 aromatic carbocycles. The van der Waals surface area contributed by atoms with E-state index in [0.717, 1.165) is 23.1 Å². The Balaban J connectivity index is 0.000000517. The lowest BCUT2D eigenvalue weighted by Crippen LogP contribution is -2.51. The molecule has 0 radical (unpaired) electrons. The van der Waals surface area contributed by atoms with Crippen LogP contribution in [0, 0.1) is 0 Å². The van der Waals surface area contributed by atoms with Crippen molar-refractivity contribution in [3.63, 3.8) is 0 Å². The van der Waals surface area contributed by atoms with Crippen molar-refractivity contribution in [1.29, 1.82) is 4.29 Å². The maximum atomic E-state index is 14.5. The zero-order chi connectivity index (χ0) is 98.0. The van der Waals surface area contributed by atoms with Gasteiger partial charge in [0.25, 0.3) is 0 Å². The summed E-state index contributed by atoms with van der Waals surface area (Å²) in [6.45, 7) is 59.2. The minimum atomic E-state index is -3.93. The van der Waals surface area contributed by atoms with E-state index in [1.54, 1.807) is 13.8 Å². The van der Waals surface area contributed by atoms with Gasteiger partial charge in [0.2, 0.25) is 4.29 Å². The Hall–Kier alpha value is -3.91. The Morgan fingerprint density at radius 3 is 0.976 bits per heavy atom. The molecule has 123 heavy (non-hydrogen) atoms. The molecule has 28 heteroatoms. The first-order valence-electron chi connectivity index (χ1n) is 47.7. The van der Waals surface area contributed by atoms with Gasteiger partial charge in [0.15, 0.2) is 45.5 Å². The summed E-state index contributed by atoms with van der Waals surface area (Å²) in [4.78, 5) is 49.8. The highest BCUT2D eigenvalue weighted by atomic mass is 31.2. The Kier molecular flexibility index (Phi) is 41.3. The Morgan fingerprint density at radius 2 is 0.699 bits per heavy atom. The van der Waals surface area contributed by atoms with E-state index in [0.29, 0.717) is 44.2 Å². The third kappa shape index (κ3) is 33.2. The molecule has 0 bridgehead atoms. The van der Waals surface area contributed by atoms with Crippen LogP contribution in [0.4, 0.5) is 0 Å². The monoisotopic (exact) mass is 1840 g/mol. The quantitative estimate of drug-likeness (QED) is 0.0211. The second-order valence-electron chi connectivity index (χ2n) is 39.4. The van der Waals surface area contributed by atoms with Crippen molar-refractivity contribution in [3.8, 4) is 0 Å². The van der Waals surface area contributed by atoms with E-state index >= 15 is 0 Å². The minimum Gasteiger partial charge on any atom is -0.457 e. The van der Waals surface area contributed by atoms with Crippen LogP contribution in [0.5, 0.6) is 0 Å². The van der Waals surface area contributed by atoms with Crippen molar-refractivity contribution in [2.24, 2.45) is 0 Å². The number of benzene rings is 4. The topological polar surface area (TPSA) is 269 Å². The van der Waals surface area contributed by atoms with Crippen molar-refractivity contribution in [1.82, 2.24) is 4.67 Å². The van der Waals surface area contributed by atoms with Crippen molar-refractivity contribution in [3.05, 3.63) is 144 Å². The van der Waals surface area contributed by atoms with Gasteiger partial charge in [0.1, 0.15) is 80.9 Å². The second kappa shape index (κ2) is 49.4. The van der Waals surface area contributed by atoms with Gasteiger partial charge in [-0.05, 0) is 129 Å². The molecule has 0 amide bonds. The van der Waals surface area contributed by atoms with E-state index in [1.807, 2.05) is 97.1 Å². The highest BCUT2D eigenvalue weighted by Crippen LogP contribution is 2.53. The number of carbonyl (C=O) groups excluding carboxylic acids is 4. The molecule has 8 rings (SSSR count). The molecule has 4 aliphatic rings. The fourth-order valence-electron chi connectivity index (χ4n) is 14.2. The first-order chi connectivity index (χ1) is 60.2. The predicted octanol–water partition coefficient (Wildman–Crippen LogP) is 20.5. The fourth-order valence-corrected chi connectivity index (χ4v) is 22.6. The van der Waals surface area contributed by atoms with Gasteiger partial charge in [-0.25, -0.2) is 0 Å². The molecule has 0 saturated carbocycles. The maximum absolute atomic E-state index is 14.5. The first-order valence-corrected chi connectivity index (χ1v) is 58.8. The molecule has 4 aromatic rings. The first kappa shape index (κ1) is 103. The summed E-state index contributed by atoms with van der Waals surface area (Å²) in [5.41, 5.74) is 4.36. The van der Waals surface area contributed by atoms with E-state index in [2.05, 4.69) is 204 Å². The van der Waals surface area contributed by atoms with Crippen molar-refractivity contribution in [2.75, 3.05) is 39.8 Å². The maximum Gasteiger partial charge on any atom is 0.328 e. The van der Waals surface area contributed by atoms with Crippen molar-refractivity contribution >= 4 is 72.7 Å². The van der Waals surface area contributed by atoms with Crippen LogP contribution in [-0.2, 0) is 109 Å². The van der Waals surface area contributed by atoms with Gasteiger partial charge in [0.05, 0.1) is 63.7 Å². The van der Waals surface area contributed by atoms with Gasteiger partial charge in [0, 0.05) is 74.2 Å². The van der Waals surface area contributed by atoms with Crippen molar-refractivity contribution in [2.45, 2.75) is 393 Å². The predicted molar refractivity (Wildman–Crippen MR) is 508 cm³/mol. The minimum absolute atomic E-state index is 0.0201. The number of aliphatic hydroxyl groups excluding tert-OH is 3. The molecular weight excluding hydrogens is 1670 g/mol. The molecule has 0 aromatic heterocycles. The average Bonchev–Trinajstić information content (AvgIpc) is 1.67. The van der Waals surface area contributed by atoms with E-state index in [9.17, 15) is 23.7 Å². The molecule has 0 aliphatic carbocycles. The number of hydrogen-bond donors (Lipinski definition) is 3. The summed E-state index contributed by atoms with van der Waals surface area (Å²) in [6.07, 6.45) is -5.67. The van der Waals surface area contributed by atoms with Gasteiger partial charge in [-0.15, -0.1) is 0 Å².